The van der Waals surface area contributed by atoms with Crippen LogP contribution in [0.2, 0.25) is 0 Å². The van der Waals surface area contributed by atoms with E-state index >= 15 is 0 Å². The summed E-state index contributed by atoms with van der Waals surface area (Å²) in [7, 11) is 0. The highest BCUT2D eigenvalue weighted by molar-refractivity contribution is 6.96. The van der Waals surface area contributed by atoms with E-state index in [1.807, 2.05) is 0 Å². The van der Waals surface area contributed by atoms with Gasteiger partial charge in [0, 0.05) is 79.1 Å². The number of hydrogen-bond donors (Lipinski definition) is 0. The maximum atomic E-state index is 2.66. The zero-order chi connectivity index (χ0) is 43.3. The summed E-state index contributed by atoms with van der Waals surface area (Å²) in [6.07, 6.45) is 0. The van der Waals surface area contributed by atoms with Crippen LogP contribution in [-0.2, 0) is 0 Å². The summed E-state index contributed by atoms with van der Waals surface area (Å²) in [5, 5.41) is 0. The average molecular weight is 839 g/mol. The first-order valence-electron chi connectivity index (χ1n) is 22.9. The Morgan fingerprint density at radius 1 is 0.242 bits per heavy atom. The molecule has 0 amide bonds. The zero-order valence-corrected chi connectivity index (χ0v) is 36.0. The van der Waals surface area contributed by atoms with Crippen molar-refractivity contribution in [3.05, 3.63) is 243 Å². The molecule has 0 saturated heterocycles. The highest BCUT2D eigenvalue weighted by atomic mass is 15.2. The summed E-state index contributed by atoms with van der Waals surface area (Å²) in [6, 6.07) is 89.4. The molecule has 4 heterocycles. The Kier molecular flexibility index (Phi) is 8.14. The van der Waals surface area contributed by atoms with Crippen LogP contribution < -0.4 is 41.3 Å². The van der Waals surface area contributed by atoms with E-state index in [0.29, 0.717) is 0 Å². The Labute approximate surface area is 386 Å². The zero-order valence-electron chi connectivity index (χ0n) is 36.0. The van der Waals surface area contributed by atoms with Gasteiger partial charge in [0.25, 0.3) is 0 Å². The van der Waals surface area contributed by atoms with Crippen molar-refractivity contribution in [1.29, 1.82) is 0 Å². The maximum Gasteiger partial charge on any atom is 0.329 e. The van der Waals surface area contributed by atoms with E-state index in [4.69, 9.17) is 0 Å². The van der Waals surface area contributed by atoms with Gasteiger partial charge in [-0.2, -0.15) is 0 Å². The van der Waals surface area contributed by atoms with Crippen molar-refractivity contribution < 1.29 is 0 Å². The fraction of sp³-hybridized carbons (Fsp3) is 0. The number of fused-ring (bicyclic) bond motifs is 16. The van der Waals surface area contributed by atoms with Gasteiger partial charge in [0.05, 0.1) is 0 Å². The first-order valence-corrected chi connectivity index (χ1v) is 22.9. The van der Waals surface area contributed by atoms with Crippen molar-refractivity contribution >= 4 is 92.4 Å². The van der Waals surface area contributed by atoms with E-state index in [-0.39, 0.29) is 13.7 Å². The Balaban J connectivity index is 1.04. The molecule has 14 rings (SSSR count). The van der Waals surface area contributed by atoms with Gasteiger partial charge < -0.3 is 19.4 Å². The molecular formula is C60H40B2N4. The van der Waals surface area contributed by atoms with Crippen LogP contribution in [0.4, 0.5) is 56.9 Å². The molecule has 0 radical (unpaired) electrons. The van der Waals surface area contributed by atoms with Crippen LogP contribution in [0.5, 0.6) is 0 Å². The second-order valence-electron chi connectivity index (χ2n) is 17.6. The van der Waals surface area contributed by atoms with Crippen molar-refractivity contribution in [2.45, 2.75) is 0 Å². The summed E-state index contributed by atoms with van der Waals surface area (Å²) in [4.78, 5) is 10.1. The minimum Gasteiger partial charge on any atom is -0.376 e. The molecule has 0 N–H and O–H groups in total. The summed E-state index contributed by atoms with van der Waals surface area (Å²) in [6.45, 7) is -0.0469. The molecule has 4 nitrogen and oxygen atoms in total. The molecule has 10 aromatic carbocycles. The standard InChI is InChI=1S/C60H40B2N4/c1-5-19-41(20-6-1)63(42-21-7-2-8-22-42)45-35-37-52-49(39-45)50-40-46(64(43-23-9-3-10-24-43)44-25-11-4-12-26-44)36-38-56(50)66-58-34-17-30-53-59(58)60-54(62(52)66)31-18-33-57(60)65-55-32-16-14-28-48(55)47-27-13-15-29-51(47)61(53)65/h1-40H. The lowest BCUT2D eigenvalue weighted by atomic mass is 9.38. The number of nitrogens with zero attached hydrogens (tertiary/aromatic N) is 4. The molecule has 10 aromatic rings. The van der Waals surface area contributed by atoms with E-state index in [9.17, 15) is 0 Å². The predicted octanol–water partition coefficient (Wildman–Crippen LogP) is 12.8. The lowest BCUT2D eigenvalue weighted by Crippen LogP contribution is -2.65. The number of hydrogen-bond acceptors (Lipinski definition) is 4. The molecule has 66 heavy (non-hydrogen) atoms. The monoisotopic (exact) mass is 838 g/mol. The molecule has 0 atom stereocenters. The van der Waals surface area contributed by atoms with Gasteiger partial charge in [0.1, 0.15) is 0 Å². The first-order chi connectivity index (χ1) is 32.8. The molecule has 0 bridgehead atoms. The summed E-state index contributed by atoms with van der Waals surface area (Å²) < 4.78 is 0. The molecule has 0 spiro atoms. The summed E-state index contributed by atoms with van der Waals surface area (Å²) >= 11 is 0. The van der Waals surface area contributed by atoms with Crippen molar-refractivity contribution in [2.75, 3.05) is 19.4 Å². The second kappa shape index (κ2) is 14.5. The van der Waals surface area contributed by atoms with Crippen LogP contribution in [0, 0.1) is 0 Å². The second-order valence-corrected chi connectivity index (χ2v) is 17.6. The Hall–Kier alpha value is -8.47. The molecular weight excluding hydrogens is 798 g/mol. The number of anilines is 10. The van der Waals surface area contributed by atoms with Gasteiger partial charge in [-0.05, 0) is 130 Å². The Morgan fingerprint density at radius 3 is 1.15 bits per heavy atom. The van der Waals surface area contributed by atoms with Crippen molar-refractivity contribution in [2.24, 2.45) is 0 Å². The van der Waals surface area contributed by atoms with Crippen LogP contribution in [0.25, 0.3) is 33.4 Å². The molecule has 0 aliphatic carbocycles. The van der Waals surface area contributed by atoms with Crippen LogP contribution in [0.1, 0.15) is 0 Å². The normalized spacial score (nSPS) is 13.0. The molecule has 0 aromatic heterocycles. The smallest absolute Gasteiger partial charge is 0.329 e. The average Bonchev–Trinajstić information content (AvgIpc) is 3.39. The van der Waals surface area contributed by atoms with Gasteiger partial charge in [-0.1, -0.05) is 146 Å². The molecule has 6 heteroatoms. The van der Waals surface area contributed by atoms with Crippen LogP contribution in [0.15, 0.2) is 243 Å². The van der Waals surface area contributed by atoms with Crippen molar-refractivity contribution in [3.63, 3.8) is 0 Å². The third-order valence-electron chi connectivity index (χ3n) is 14.2. The minimum atomic E-state index is -0.0739. The van der Waals surface area contributed by atoms with E-state index in [1.54, 1.807) is 0 Å². The van der Waals surface area contributed by atoms with E-state index < -0.39 is 0 Å². The third-order valence-corrected chi connectivity index (χ3v) is 14.2. The quantitative estimate of drug-likeness (QED) is 0.155. The highest BCUT2D eigenvalue weighted by Gasteiger charge is 2.50. The van der Waals surface area contributed by atoms with Crippen molar-refractivity contribution in [1.82, 2.24) is 0 Å². The lowest BCUT2D eigenvalue weighted by Gasteiger charge is -2.50. The SMILES string of the molecule is c1ccc(N(c2ccccc2)c2ccc3c(c2)-c2cc(N(c4ccccc4)c4ccccc4)ccc2N2B3c3cccc4c3-c3c(cccc32)B2c3ccccc3-c3ccccc3N24)cc1. The molecule has 0 saturated carbocycles. The van der Waals surface area contributed by atoms with Gasteiger partial charge in [0.15, 0.2) is 0 Å². The number of benzene rings is 10. The third kappa shape index (κ3) is 5.36. The van der Waals surface area contributed by atoms with Gasteiger partial charge in [-0.3, -0.25) is 0 Å². The van der Waals surface area contributed by atoms with E-state index in [0.717, 1.165) is 34.1 Å². The van der Waals surface area contributed by atoms with Crippen LogP contribution >= 0.6 is 0 Å². The van der Waals surface area contributed by atoms with Gasteiger partial charge >= 0.3 is 13.7 Å². The minimum absolute atomic E-state index is 0.0269. The predicted molar refractivity (Wildman–Crippen MR) is 279 cm³/mol. The molecule has 0 unspecified atom stereocenters. The number of rotatable bonds is 6. The van der Waals surface area contributed by atoms with Gasteiger partial charge in [-0.15, -0.1) is 0 Å². The highest BCUT2D eigenvalue weighted by Crippen LogP contribution is 2.53. The first kappa shape index (κ1) is 37.0. The fourth-order valence-corrected chi connectivity index (χ4v) is 11.6. The fourth-order valence-electron chi connectivity index (χ4n) is 11.6. The Morgan fingerprint density at radius 2 is 0.621 bits per heavy atom. The van der Waals surface area contributed by atoms with Gasteiger partial charge in [-0.25, -0.2) is 0 Å². The Bertz CT molecular complexity index is 3210. The van der Waals surface area contributed by atoms with Gasteiger partial charge in [0.2, 0.25) is 0 Å². The molecule has 0 fully saturated rings. The van der Waals surface area contributed by atoms with E-state index in [2.05, 4.69) is 262 Å². The lowest BCUT2D eigenvalue weighted by molar-refractivity contribution is 1.26. The summed E-state index contributed by atoms with van der Waals surface area (Å²) in [5.74, 6) is 0. The molecule has 306 valence electrons. The topological polar surface area (TPSA) is 13.0 Å². The van der Waals surface area contributed by atoms with Crippen molar-refractivity contribution in [3.8, 4) is 33.4 Å². The molecule has 4 aliphatic rings. The van der Waals surface area contributed by atoms with Crippen LogP contribution in [-0.4, -0.2) is 13.7 Å². The van der Waals surface area contributed by atoms with Crippen LogP contribution in [0.3, 0.4) is 0 Å². The van der Waals surface area contributed by atoms with E-state index in [1.165, 1.54) is 78.0 Å². The number of para-hydroxylation sites is 5. The molecule has 4 aliphatic heterocycles. The largest absolute Gasteiger partial charge is 0.376 e. The maximum absolute atomic E-state index is 2.66. The summed E-state index contributed by atoms with van der Waals surface area (Å²) in [5.41, 5.74) is 24.6.